The van der Waals surface area contributed by atoms with Gasteiger partial charge in [-0.2, -0.15) is 0 Å². The maximum atomic E-state index is 12.5. The largest absolute Gasteiger partial charge is 0.383 e. The Kier molecular flexibility index (Phi) is 8.44. The van der Waals surface area contributed by atoms with Crippen molar-refractivity contribution >= 4 is 17.2 Å². The van der Waals surface area contributed by atoms with E-state index in [1.165, 1.54) is 11.3 Å². The Morgan fingerprint density at radius 2 is 2.05 bits per heavy atom. The topological polar surface area (TPSA) is 71.7 Å². The normalized spacial score (nSPS) is 11.1. The minimum atomic E-state index is -0.0462. The molecule has 7 heteroatoms. The first-order valence-electron chi connectivity index (χ1n) is 7.31. The maximum absolute atomic E-state index is 12.5. The zero-order valence-corrected chi connectivity index (χ0v) is 14.0. The van der Waals surface area contributed by atoms with Crippen LogP contribution in [0.4, 0.5) is 0 Å². The summed E-state index contributed by atoms with van der Waals surface area (Å²) in [6.07, 6.45) is 0. The standard InChI is InChI=1S/C14H26N4O2S/c1-4-17(5-2)6-7-18(8-9-20-3)14(19)12-11-21-13(10-15)16-12/h11H,4-10,15H2,1-3H3. The number of carbonyl (C=O) groups excluding carboxylic acids is 1. The van der Waals surface area contributed by atoms with Gasteiger partial charge < -0.3 is 20.3 Å². The highest BCUT2D eigenvalue weighted by Gasteiger charge is 2.18. The summed E-state index contributed by atoms with van der Waals surface area (Å²) < 4.78 is 5.10. The van der Waals surface area contributed by atoms with Crippen LogP contribution >= 0.6 is 11.3 Å². The lowest BCUT2D eigenvalue weighted by Gasteiger charge is -2.25. The van der Waals surface area contributed by atoms with Crippen molar-refractivity contribution in [2.45, 2.75) is 20.4 Å². The number of ether oxygens (including phenoxy) is 1. The predicted molar refractivity (Wildman–Crippen MR) is 85.6 cm³/mol. The number of nitrogens with zero attached hydrogens (tertiary/aromatic N) is 3. The Hall–Kier alpha value is -1.02. The molecule has 1 heterocycles. The summed E-state index contributed by atoms with van der Waals surface area (Å²) in [7, 11) is 1.64. The fourth-order valence-electron chi connectivity index (χ4n) is 1.98. The molecule has 0 fully saturated rings. The summed E-state index contributed by atoms with van der Waals surface area (Å²) in [5, 5.41) is 2.57. The number of hydrogen-bond acceptors (Lipinski definition) is 6. The van der Waals surface area contributed by atoms with Crippen molar-refractivity contribution in [1.82, 2.24) is 14.8 Å². The molecule has 0 aliphatic rings. The van der Waals surface area contributed by atoms with E-state index in [0.29, 0.717) is 31.9 Å². The molecule has 21 heavy (non-hydrogen) atoms. The maximum Gasteiger partial charge on any atom is 0.273 e. The molecule has 2 N–H and O–H groups in total. The van der Waals surface area contributed by atoms with Crippen LogP contribution in [-0.4, -0.2) is 67.1 Å². The van der Waals surface area contributed by atoms with E-state index >= 15 is 0 Å². The Bertz CT molecular complexity index is 421. The zero-order valence-electron chi connectivity index (χ0n) is 13.2. The molecule has 0 aromatic carbocycles. The highest BCUT2D eigenvalue weighted by molar-refractivity contribution is 7.09. The van der Waals surface area contributed by atoms with Gasteiger partial charge in [-0.25, -0.2) is 4.98 Å². The fraction of sp³-hybridized carbons (Fsp3) is 0.714. The number of aromatic nitrogens is 1. The number of likely N-dealkylation sites (N-methyl/N-ethyl adjacent to an activating group) is 1. The molecule has 6 nitrogen and oxygen atoms in total. The van der Waals surface area contributed by atoms with Crippen LogP contribution in [0, 0.1) is 0 Å². The number of nitrogens with two attached hydrogens (primary N) is 1. The minimum Gasteiger partial charge on any atom is -0.383 e. The molecule has 120 valence electrons. The van der Waals surface area contributed by atoms with E-state index < -0.39 is 0 Å². The molecular formula is C14H26N4O2S. The van der Waals surface area contributed by atoms with Crippen molar-refractivity contribution in [1.29, 1.82) is 0 Å². The third-order valence-corrected chi connectivity index (χ3v) is 4.25. The molecule has 0 aliphatic carbocycles. The Balaban J connectivity index is 2.68. The van der Waals surface area contributed by atoms with Crippen LogP contribution in [0.3, 0.4) is 0 Å². The molecule has 0 aliphatic heterocycles. The van der Waals surface area contributed by atoms with E-state index in [-0.39, 0.29) is 5.91 Å². The molecule has 1 amide bonds. The Morgan fingerprint density at radius 3 is 2.57 bits per heavy atom. The lowest BCUT2D eigenvalue weighted by Crippen LogP contribution is -2.40. The molecule has 0 radical (unpaired) electrons. The molecule has 0 unspecified atom stereocenters. The van der Waals surface area contributed by atoms with Gasteiger partial charge in [-0.1, -0.05) is 13.8 Å². The third-order valence-electron chi connectivity index (χ3n) is 3.38. The van der Waals surface area contributed by atoms with Gasteiger partial charge in [-0.3, -0.25) is 4.79 Å². The number of amides is 1. The molecule has 0 atom stereocenters. The summed E-state index contributed by atoms with van der Waals surface area (Å²) in [5.41, 5.74) is 6.03. The van der Waals surface area contributed by atoms with Gasteiger partial charge in [0.2, 0.25) is 0 Å². The number of thiazole rings is 1. The number of carbonyl (C=O) groups is 1. The second-order valence-corrected chi connectivity index (χ2v) is 5.59. The quantitative estimate of drug-likeness (QED) is 0.698. The summed E-state index contributed by atoms with van der Waals surface area (Å²) in [6, 6.07) is 0. The Morgan fingerprint density at radius 1 is 1.33 bits per heavy atom. The molecule has 1 aromatic rings. The van der Waals surface area contributed by atoms with Crippen molar-refractivity contribution in [2.24, 2.45) is 5.73 Å². The predicted octanol–water partition coefficient (Wildman–Crippen LogP) is 1.03. The van der Waals surface area contributed by atoms with Crippen LogP contribution in [0.5, 0.6) is 0 Å². The molecule has 0 spiro atoms. The SMILES string of the molecule is CCN(CC)CCN(CCOC)C(=O)c1csc(CN)n1. The van der Waals surface area contributed by atoms with E-state index in [2.05, 4.69) is 23.7 Å². The van der Waals surface area contributed by atoms with Crippen molar-refractivity contribution in [3.05, 3.63) is 16.1 Å². The van der Waals surface area contributed by atoms with Gasteiger partial charge in [-0.15, -0.1) is 11.3 Å². The van der Waals surface area contributed by atoms with Gasteiger partial charge in [0, 0.05) is 38.7 Å². The first-order valence-corrected chi connectivity index (χ1v) is 8.19. The van der Waals surface area contributed by atoms with E-state index in [1.54, 1.807) is 17.4 Å². The first-order chi connectivity index (χ1) is 10.2. The monoisotopic (exact) mass is 314 g/mol. The van der Waals surface area contributed by atoms with Crippen LogP contribution in [-0.2, 0) is 11.3 Å². The second-order valence-electron chi connectivity index (χ2n) is 4.64. The van der Waals surface area contributed by atoms with Gasteiger partial charge in [0.05, 0.1) is 6.61 Å². The molecule has 1 rings (SSSR count). The van der Waals surface area contributed by atoms with E-state index in [0.717, 1.165) is 24.6 Å². The number of rotatable bonds is 10. The van der Waals surface area contributed by atoms with Crippen molar-refractivity contribution in [3.8, 4) is 0 Å². The number of methoxy groups -OCH3 is 1. The molecular weight excluding hydrogens is 288 g/mol. The molecule has 0 bridgehead atoms. The van der Waals surface area contributed by atoms with E-state index in [4.69, 9.17) is 10.5 Å². The Labute approximate surface area is 130 Å². The van der Waals surface area contributed by atoms with Crippen LogP contribution in [0.15, 0.2) is 5.38 Å². The second kappa shape index (κ2) is 9.83. The van der Waals surface area contributed by atoms with Crippen molar-refractivity contribution < 1.29 is 9.53 Å². The lowest BCUT2D eigenvalue weighted by atomic mass is 10.3. The van der Waals surface area contributed by atoms with Crippen LogP contribution < -0.4 is 5.73 Å². The third kappa shape index (κ3) is 5.70. The van der Waals surface area contributed by atoms with Crippen LogP contribution in [0.2, 0.25) is 0 Å². The van der Waals surface area contributed by atoms with E-state index in [9.17, 15) is 4.79 Å². The van der Waals surface area contributed by atoms with Crippen LogP contribution in [0.1, 0.15) is 29.3 Å². The van der Waals surface area contributed by atoms with Crippen molar-refractivity contribution in [2.75, 3.05) is 46.4 Å². The number of hydrogen-bond donors (Lipinski definition) is 1. The zero-order chi connectivity index (χ0) is 15.7. The van der Waals surface area contributed by atoms with Gasteiger partial charge in [0.1, 0.15) is 10.7 Å². The summed E-state index contributed by atoms with van der Waals surface area (Å²) >= 11 is 1.43. The smallest absolute Gasteiger partial charge is 0.273 e. The van der Waals surface area contributed by atoms with Gasteiger partial charge in [-0.05, 0) is 13.1 Å². The highest BCUT2D eigenvalue weighted by atomic mass is 32.1. The first kappa shape index (κ1) is 18.0. The van der Waals surface area contributed by atoms with Gasteiger partial charge in [0.25, 0.3) is 5.91 Å². The average molecular weight is 314 g/mol. The van der Waals surface area contributed by atoms with Gasteiger partial charge >= 0.3 is 0 Å². The molecule has 0 saturated carbocycles. The average Bonchev–Trinajstić information content (AvgIpc) is 2.99. The fourth-order valence-corrected chi connectivity index (χ4v) is 2.63. The van der Waals surface area contributed by atoms with Crippen LogP contribution in [0.25, 0.3) is 0 Å². The summed E-state index contributed by atoms with van der Waals surface area (Å²) in [5.74, 6) is -0.0462. The summed E-state index contributed by atoms with van der Waals surface area (Å²) in [4.78, 5) is 20.9. The molecule has 0 saturated heterocycles. The lowest BCUT2D eigenvalue weighted by molar-refractivity contribution is 0.0669. The molecule has 1 aromatic heterocycles. The highest BCUT2D eigenvalue weighted by Crippen LogP contribution is 2.11. The van der Waals surface area contributed by atoms with Gasteiger partial charge in [0.15, 0.2) is 0 Å². The summed E-state index contributed by atoms with van der Waals surface area (Å²) in [6.45, 7) is 9.22. The van der Waals surface area contributed by atoms with Crippen molar-refractivity contribution in [3.63, 3.8) is 0 Å². The minimum absolute atomic E-state index is 0.0462. The van der Waals surface area contributed by atoms with E-state index in [1.807, 2.05) is 0 Å².